The fraction of sp³-hybridized carbons (Fsp3) is 0. The average Bonchev–Trinajstić information content (AvgIpc) is 2.41. The van der Waals surface area contributed by atoms with Crippen molar-refractivity contribution in [2.75, 3.05) is 5.43 Å². The number of halogens is 3. The second kappa shape index (κ2) is 6.31. The summed E-state index contributed by atoms with van der Waals surface area (Å²) in [4.78, 5) is 14.0. The second-order valence-corrected chi connectivity index (χ2v) is 4.94. The summed E-state index contributed by atoms with van der Waals surface area (Å²) in [7, 11) is 0. The van der Waals surface area contributed by atoms with E-state index in [1.54, 1.807) is 0 Å². The quantitative estimate of drug-likeness (QED) is 0.491. The molecule has 10 heteroatoms. The molecule has 7 nitrogen and oxygen atoms in total. The molecule has 0 unspecified atom stereocenters. The van der Waals surface area contributed by atoms with Crippen molar-refractivity contribution in [2.45, 2.75) is 0 Å². The Bertz CT molecular complexity index is 711. The van der Waals surface area contributed by atoms with Crippen LogP contribution in [0.3, 0.4) is 0 Å². The zero-order chi connectivity index (χ0) is 15.6. The van der Waals surface area contributed by atoms with Crippen LogP contribution in [-0.4, -0.2) is 9.91 Å². The van der Waals surface area contributed by atoms with E-state index in [0.717, 1.165) is 0 Å². The Kier molecular flexibility index (Phi) is 4.69. The van der Waals surface area contributed by atoms with E-state index in [9.17, 15) is 10.1 Å². The summed E-state index contributed by atoms with van der Waals surface area (Å²) in [5, 5.41) is 11.0. The summed E-state index contributed by atoms with van der Waals surface area (Å²) in [6, 6.07) is 5.26. The van der Waals surface area contributed by atoms with E-state index in [2.05, 4.69) is 10.4 Å². The molecule has 3 N–H and O–H groups in total. The second-order valence-electron chi connectivity index (χ2n) is 3.72. The maximum atomic E-state index is 10.7. The Morgan fingerprint density at radius 2 is 1.90 bits per heavy atom. The highest BCUT2D eigenvalue weighted by Crippen LogP contribution is 2.35. The lowest BCUT2D eigenvalue weighted by Crippen LogP contribution is -2.09. The Morgan fingerprint density at radius 3 is 2.48 bits per heavy atom. The molecule has 110 valence electrons. The van der Waals surface area contributed by atoms with Crippen LogP contribution in [0.15, 0.2) is 24.3 Å². The monoisotopic (exact) mass is 348 g/mol. The number of nitrogens with two attached hydrogens (primary N) is 1. The lowest BCUT2D eigenvalue weighted by molar-refractivity contribution is -0.384. The van der Waals surface area contributed by atoms with Crippen LogP contribution in [0.1, 0.15) is 0 Å². The third-order valence-corrected chi connectivity index (χ3v) is 3.23. The van der Waals surface area contributed by atoms with E-state index in [1.165, 1.54) is 24.3 Å². The van der Waals surface area contributed by atoms with Crippen molar-refractivity contribution < 1.29 is 9.66 Å². The van der Waals surface area contributed by atoms with Crippen molar-refractivity contribution in [3.8, 4) is 11.6 Å². The van der Waals surface area contributed by atoms with Crippen molar-refractivity contribution in [3.05, 3.63) is 49.4 Å². The summed E-state index contributed by atoms with van der Waals surface area (Å²) >= 11 is 17.6. The number of rotatable bonds is 4. The number of nitro benzene ring substituents is 1. The summed E-state index contributed by atoms with van der Waals surface area (Å²) in [5.41, 5.74) is 2.05. The number of nitrogens with one attached hydrogen (secondary N) is 1. The largest absolute Gasteiger partial charge is 0.437 e. The van der Waals surface area contributed by atoms with E-state index in [4.69, 9.17) is 45.4 Å². The first-order valence-corrected chi connectivity index (χ1v) is 6.50. The Balaban J connectivity index is 2.34. The molecule has 0 fully saturated rings. The van der Waals surface area contributed by atoms with Gasteiger partial charge in [0.25, 0.3) is 5.69 Å². The third-order valence-electron chi connectivity index (χ3n) is 2.36. The summed E-state index contributed by atoms with van der Waals surface area (Å²) in [6.07, 6.45) is 0. The summed E-state index contributed by atoms with van der Waals surface area (Å²) in [5.74, 6) is 5.67. The highest BCUT2D eigenvalue weighted by atomic mass is 35.5. The molecule has 2 aromatic rings. The van der Waals surface area contributed by atoms with Crippen molar-refractivity contribution in [3.63, 3.8) is 0 Å². The molecule has 0 aliphatic carbocycles. The lowest BCUT2D eigenvalue weighted by atomic mass is 10.3. The minimum atomic E-state index is -0.601. The predicted octanol–water partition coefficient (Wildman–Crippen LogP) is 4.03. The first kappa shape index (κ1) is 15.6. The van der Waals surface area contributed by atoms with E-state index < -0.39 is 4.92 Å². The van der Waals surface area contributed by atoms with Gasteiger partial charge in [0.1, 0.15) is 15.8 Å². The Hall–Kier alpha value is -1.80. The zero-order valence-corrected chi connectivity index (χ0v) is 12.4. The average molecular weight is 350 g/mol. The van der Waals surface area contributed by atoms with Crippen LogP contribution in [-0.2, 0) is 0 Å². The highest BCUT2D eigenvalue weighted by molar-refractivity contribution is 6.36. The number of nitrogen functional groups attached to an aromatic ring is 1. The van der Waals surface area contributed by atoms with Gasteiger partial charge < -0.3 is 10.2 Å². The van der Waals surface area contributed by atoms with E-state index in [1.807, 2.05) is 0 Å². The smallest absolute Gasteiger partial charge is 0.288 e. The number of hydrogen-bond acceptors (Lipinski definition) is 6. The number of hydrazine groups is 1. The van der Waals surface area contributed by atoms with Crippen molar-refractivity contribution >= 4 is 46.3 Å². The highest BCUT2D eigenvalue weighted by Gasteiger charge is 2.15. The van der Waals surface area contributed by atoms with Gasteiger partial charge in [0.05, 0.1) is 9.95 Å². The fourth-order valence-electron chi connectivity index (χ4n) is 1.43. The van der Waals surface area contributed by atoms with Gasteiger partial charge in [0, 0.05) is 12.1 Å². The van der Waals surface area contributed by atoms with Crippen LogP contribution >= 0.6 is 34.8 Å². The zero-order valence-electron chi connectivity index (χ0n) is 10.1. The lowest BCUT2D eigenvalue weighted by Gasteiger charge is -2.10. The number of aromatic nitrogens is 1. The molecule has 0 saturated carbocycles. The van der Waals surface area contributed by atoms with E-state index >= 15 is 0 Å². The summed E-state index contributed by atoms with van der Waals surface area (Å²) < 4.78 is 5.42. The van der Waals surface area contributed by atoms with Gasteiger partial charge in [-0.05, 0) is 12.1 Å². The molecule has 2 rings (SSSR count). The van der Waals surface area contributed by atoms with Crippen LogP contribution in [0.25, 0.3) is 0 Å². The van der Waals surface area contributed by atoms with Crippen LogP contribution in [0.4, 0.5) is 11.5 Å². The number of pyridine rings is 1. The molecule has 0 aliphatic heterocycles. The Labute approximate surface area is 133 Å². The maximum Gasteiger partial charge on any atom is 0.288 e. The van der Waals surface area contributed by atoms with Gasteiger partial charge in [-0.25, -0.2) is 5.84 Å². The summed E-state index contributed by atoms with van der Waals surface area (Å²) in [6.45, 7) is 0. The third kappa shape index (κ3) is 3.45. The number of benzene rings is 1. The fourth-order valence-corrected chi connectivity index (χ4v) is 2.12. The minimum absolute atomic E-state index is 0.0268. The first-order chi connectivity index (χ1) is 9.92. The van der Waals surface area contributed by atoms with Gasteiger partial charge in [-0.3, -0.25) is 10.1 Å². The number of hydrogen-bond donors (Lipinski definition) is 2. The molecule has 1 heterocycles. The number of anilines is 1. The van der Waals surface area contributed by atoms with Crippen molar-refractivity contribution in [1.29, 1.82) is 0 Å². The van der Waals surface area contributed by atoms with Gasteiger partial charge in [0.15, 0.2) is 5.82 Å². The molecule has 1 aromatic heterocycles. The number of nitrogens with zero attached hydrogens (tertiary/aromatic N) is 2. The molecular formula is C11H7Cl3N4O3. The minimum Gasteiger partial charge on any atom is -0.437 e. The van der Waals surface area contributed by atoms with Gasteiger partial charge in [0.2, 0.25) is 5.88 Å². The molecule has 0 spiro atoms. The van der Waals surface area contributed by atoms with E-state index in [0.29, 0.717) is 0 Å². The van der Waals surface area contributed by atoms with Gasteiger partial charge >= 0.3 is 0 Å². The van der Waals surface area contributed by atoms with Crippen LogP contribution < -0.4 is 16.0 Å². The van der Waals surface area contributed by atoms with Crippen LogP contribution in [0, 0.1) is 10.1 Å². The normalized spacial score (nSPS) is 10.3. The number of nitro groups is 1. The maximum absolute atomic E-state index is 10.7. The molecule has 21 heavy (non-hydrogen) atoms. The Morgan fingerprint density at radius 1 is 1.19 bits per heavy atom. The molecule has 0 radical (unpaired) electrons. The molecule has 0 amide bonds. The van der Waals surface area contributed by atoms with Gasteiger partial charge in [-0.2, -0.15) is 4.98 Å². The van der Waals surface area contributed by atoms with Crippen molar-refractivity contribution in [2.24, 2.45) is 5.84 Å². The molecule has 0 saturated heterocycles. The number of ether oxygens (including phenoxy) is 1. The van der Waals surface area contributed by atoms with Crippen LogP contribution in [0.5, 0.6) is 11.6 Å². The predicted molar refractivity (Wildman–Crippen MR) is 80.2 cm³/mol. The SMILES string of the molecule is NNc1nc(Oc2ccc([N+](=O)[O-])c(Cl)c2)c(Cl)cc1Cl. The van der Waals surface area contributed by atoms with Gasteiger partial charge in [-0.1, -0.05) is 34.8 Å². The van der Waals surface area contributed by atoms with Crippen molar-refractivity contribution in [1.82, 2.24) is 4.98 Å². The molecule has 0 aliphatic rings. The molecule has 0 bridgehead atoms. The first-order valence-electron chi connectivity index (χ1n) is 5.37. The van der Waals surface area contributed by atoms with Gasteiger partial charge in [-0.15, -0.1) is 0 Å². The topological polar surface area (TPSA) is 103 Å². The molecular weight excluding hydrogens is 343 g/mol. The van der Waals surface area contributed by atoms with Crippen LogP contribution in [0.2, 0.25) is 15.1 Å². The van der Waals surface area contributed by atoms with E-state index in [-0.39, 0.29) is 38.2 Å². The standard InChI is InChI=1S/C11H7Cl3N4O3/c12-6-3-5(1-2-9(6)18(19)20)21-11-8(14)4-7(13)10(16-11)17-15/h1-4H,15H2,(H,16,17). The molecule has 0 atom stereocenters. The molecule has 1 aromatic carbocycles.